The van der Waals surface area contributed by atoms with Gasteiger partial charge in [0.2, 0.25) is 0 Å². The van der Waals surface area contributed by atoms with E-state index in [1.54, 1.807) is 12.2 Å². The first-order chi connectivity index (χ1) is 7.15. The number of rotatable bonds is 4. The fourth-order valence-corrected chi connectivity index (χ4v) is 1.30. The van der Waals surface area contributed by atoms with Gasteiger partial charge in [-0.15, -0.1) is 5.06 Å². The minimum absolute atomic E-state index is 0.0443. The van der Waals surface area contributed by atoms with Gasteiger partial charge in [-0.2, -0.15) is 0 Å². The molecule has 0 atom stereocenters. The number of hydrogen-bond donors (Lipinski definition) is 0. The molecule has 1 rings (SSSR count). The number of alkyl halides is 1. The Morgan fingerprint density at radius 1 is 1.33 bits per heavy atom. The van der Waals surface area contributed by atoms with E-state index in [-0.39, 0.29) is 19.3 Å². The van der Waals surface area contributed by atoms with E-state index in [9.17, 15) is 14.4 Å². The van der Waals surface area contributed by atoms with E-state index in [4.69, 9.17) is 0 Å². The van der Waals surface area contributed by atoms with Crippen LogP contribution in [0.2, 0.25) is 0 Å². The van der Waals surface area contributed by atoms with E-state index in [0.717, 1.165) is 0 Å². The van der Waals surface area contributed by atoms with Crippen molar-refractivity contribution in [2.75, 3.05) is 5.33 Å². The molecule has 0 saturated carbocycles. The smallest absolute Gasteiger partial charge is 0.330 e. The molecule has 1 heterocycles. The highest BCUT2D eigenvalue weighted by Gasteiger charge is 2.32. The number of hydroxylamine groups is 2. The van der Waals surface area contributed by atoms with Crippen LogP contribution in [0, 0.1) is 0 Å². The second-order valence-corrected chi connectivity index (χ2v) is 3.52. The Hall–Kier alpha value is -1.17. The number of hydrogen-bond acceptors (Lipinski definition) is 4. The van der Waals surface area contributed by atoms with Gasteiger partial charge in [-0.3, -0.25) is 9.59 Å². The molecular weight excluding hydrogens is 266 g/mol. The molecule has 2 amide bonds. The lowest BCUT2D eigenvalue weighted by molar-refractivity contribution is -0.196. The summed E-state index contributed by atoms with van der Waals surface area (Å²) < 4.78 is 0. The molecule has 1 fully saturated rings. The minimum Gasteiger partial charge on any atom is -0.330 e. The molecule has 0 unspecified atom stereocenters. The second-order valence-electron chi connectivity index (χ2n) is 2.87. The Balaban J connectivity index is 2.40. The first kappa shape index (κ1) is 11.9. The fraction of sp³-hybridized carbons (Fsp3) is 0.444. The lowest BCUT2D eigenvalue weighted by Crippen LogP contribution is -2.31. The first-order valence-corrected chi connectivity index (χ1v) is 5.55. The lowest BCUT2D eigenvalue weighted by Gasteiger charge is -2.11. The van der Waals surface area contributed by atoms with Gasteiger partial charge in [-0.05, 0) is 0 Å². The molecule has 0 spiro atoms. The van der Waals surface area contributed by atoms with Crippen molar-refractivity contribution in [2.45, 2.75) is 19.3 Å². The molecule has 0 aliphatic carbocycles. The number of halogens is 1. The maximum absolute atomic E-state index is 11.1. The van der Waals surface area contributed by atoms with Crippen LogP contribution in [0.15, 0.2) is 12.2 Å². The zero-order valence-electron chi connectivity index (χ0n) is 7.94. The minimum atomic E-state index is -0.615. The summed E-state index contributed by atoms with van der Waals surface area (Å²) in [6, 6.07) is 0. The Morgan fingerprint density at radius 3 is 2.47 bits per heavy atom. The maximum atomic E-state index is 11.1. The van der Waals surface area contributed by atoms with Gasteiger partial charge in [0.1, 0.15) is 0 Å². The number of carbonyl (C=O) groups excluding carboxylic acids is 3. The first-order valence-electron chi connectivity index (χ1n) is 4.42. The second kappa shape index (κ2) is 5.65. The van der Waals surface area contributed by atoms with Crippen molar-refractivity contribution in [3.8, 4) is 0 Å². The average Bonchev–Trinajstić information content (AvgIpc) is 2.50. The van der Waals surface area contributed by atoms with Crippen molar-refractivity contribution in [1.82, 2.24) is 5.06 Å². The summed E-state index contributed by atoms with van der Waals surface area (Å²) in [4.78, 5) is 37.8. The lowest BCUT2D eigenvalue weighted by atomic mass is 10.4. The number of allylic oxidation sites excluding steroid dienone is 1. The Morgan fingerprint density at radius 2 is 1.93 bits per heavy atom. The van der Waals surface area contributed by atoms with Crippen LogP contribution in [-0.4, -0.2) is 28.2 Å². The molecule has 5 nitrogen and oxygen atoms in total. The van der Waals surface area contributed by atoms with Crippen molar-refractivity contribution < 1.29 is 19.2 Å². The summed E-state index contributed by atoms with van der Waals surface area (Å²) in [6.07, 6.45) is 3.60. The average molecular weight is 276 g/mol. The molecule has 15 heavy (non-hydrogen) atoms. The normalized spacial score (nSPS) is 16.5. The van der Waals surface area contributed by atoms with Crippen molar-refractivity contribution in [3.05, 3.63) is 12.2 Å². The number of nitrogens with zero attached hydrogens (tertiary/aromatic N) is 1. The molecule has 6 heteroatoms. The zero-order chi connectivity index (χ0) is 11.3. The summed E-state index contributed by atoms with van der Waals surface area (Å²) in [5, 5.41) is 1.19. The maximum Gasteiger partial charge on any atom is 0.336 e. The monoisotopic (exact) mass is 275 g/mol. The van der Waals surface area contributed by atoms with Crippen LogP contribution in [0.4, 0.5) is 0 Å². The molecule has 0 N–H and O–H groups in total. The van der Waals surface area contributed by atoms with Gasteiger partial charge in [0.15, 0.2) is 0 Å². The molecule has 1 aliphatic heterocycles. The summed E-state index contributed by atoms with van der Waals surface area (Å²) in [5.74, 6) is -1.54. The van der Waals surface area contributed by atoms with E-state index >= 15 is 0 Å². The van der Waals surface area contributed by atoms with E-state index in [1.165, 1.54) is 0 Å². The third-order valence-corrected chi connectivity index (χ3v) is 2.11. The van der Waals surface area contributed by atoms with Crippen LogP contribution < -0.4 is 0 Å². The largest absolute Gasteiger partial charge is 0.336 e. The van der Waals surface area contributed by atoms with E-state index in [2.05, 4.69) is 20.8 Å². The Labute approximate surface area is 95.1 Å². The number of imide groups is 1. The van der Waals surface area contributed by atoms with Gasteiger partial charge in [0.25, 0.3) is 11.8 Å². The van der Waals surface area contributed by atoms with Crippen LogP contribution in [0.5, 0.6) is 0 Å². The van der Waals surface area contributed by atoms with Gasteiger partial charge in [0.05, 0.1) is 6.42 Å². The molecule has 1 aliphatic rings. The quantitative estimate of drug-likeness (QED) is 0.435. The van der Waals surface area contributed by atoms with E-state index < -0.39 is 17.8 Å². The Kier molecular flexibility index (Phi) is 4.48. The van der Waals surface area contributed by atoms with Crippen LogP contribution in [-0.2, 0) is 19.2 Å². The van der Waals surface area contributed by atoms with Gasteiger partial charge < -0.3 is 4.84 Å². The zero-order valence-corrected chi connectivity index (χ0v) is 9.53. The van der Waals surface area contributed by atoms with Crippen LogP contribution in [0.25, 0.3) is 0 Å². The molecule has 82 valence electrons. The number of amides is 2. The summed E-state index contributed by atoms with van der Waals surface area (Å²) in [6.45, 7) is 0. The molecule has 1 saturated heterocycles. The number of carbonyl (C=O) groups is 3. The standard InChI is InChI=1S/C9H10BrNO4/c10-6-2-1-3-9(14)15-11-7(12)4-5-8(11)13/h1-2H,3-6H2. The molecular formula is C9H10BrNO4. The van der Waals surface area contributed by atoms with Crippen molar-refractivity contribution >= 4 is 33.7 Å². The third-order valence-electron chi connectivity index (χ3n) is 1.74. The highest BCUT2D eigenvalue weighted by molar-refractivity contribution is 9.09. The van der Waals surface area contributed by atoms with E-state index in [0.29, 0.717) is 10.4 Å². The predicted octanol–water partition coefficient (Wildman–Crippen LogP) is 0.935. The predicted molar refractivity (Wildman–Crippen MR) is 54.7 cm³/mol. The highest BCUT2D eigenvalue weighted by atomic mass is 79.9. The topological polar surface area (TPSA) is 63.7 Å². The van der Waals surface area contributed by atoms with Gasteiger partial charge in [-0.25, -0.2) is 4.79 Å². The van der Waals surface area contributed by atoms with Crippen LogP contribution >= 0.6 is 15.9 Å². The SMILES string of the molecule is O=C(CC=CCBr)ON1C(=O)CCC1=O. The van der Waals surface area contributed by atoms with Gasteiger partial charge >= 0.3 is 5.97 Å². The molecule has 0 aromatic rings. The van der Waals surface area contributed by atoms with Gasteiger partial charge in [-0.1, -0.05) is 28.1 Å². The van der Waals surface area contributed by atoms with Crippen LogP contribution in [0.3, 0.4) is 0 Å². The summed E-state index contributed by atoms with van der Waals surface area (Å²) in [7, 11) is 0. The summed E-state index contributed by atoms with van der Waals surface area (Å²) in [5.41, 5.74) is 0. The summed E-state index contributed by atoms with van der Waals surface area (Å²) >= 11 is 3.15. The van der Waals surface area contributed by atoms with E-state index in [1.807, 2.05) is 0 Å². The molecule has 0 bridgehead atoms. The van der Waals surface area contributed by atoms with Crippen molar-refractivity contribution in [1.29, 1.82) is 0 Å². The molecule has 0 aromatic heterocycles. The van der Waals surface area contributed by atoms with Crippen LogP contribution in [0.1, 0.15) is 19.3 Å². The molecule has 0 aromatic carbocycles. The van der Waals surface area contributed by atoms with Crippen molar-refractivity contribution in [3.63, 3.8) is 0 Å². The fourth-order valence-electron chi connectivity index (χ4n) is 1.04. The molecule has 0 radical (unpaired) electrons. The van der Waals surface area contributed by atoms with Crippen molar-refractivity contribution in [2.24, 2.45) is 0 Å². The Bertz CT molecular complexity index is 297. The highest BCUT2D eigenvalue weighted by Crippen LogP contribution is 2.12. The van der Waals surface area contributed by atoms with Gasteiger partial charge in [0, 0.05) is 18.2 Å². The third kappa shape index (κ3) is 3.47.